The minimum absolute atomic E-state index is 0.195. The molecule has 0 aromatic heterocycles. The molecule has 0 heterocycles. The van der Waals surface area contributed by atoms with Gasteiger partial charge in [-0.25, -0.2) is 8.78 Å². The molecule has 0 fully saturated rings. The lowest BCUT2D eigenvalue weighted by atomic mass is 10.0. The highest BCUT2D eigenvalue weighted by Gasteiger charge is 2.24. The van der Waals surface area contributed by atoms with Crippen LogP contribution in [-0.4, -0.2) is 35.8 Å². The lowest BCUT2D eigenvalue weighted by Crippen LogP contribution is -2.45. The quantitative estimate of drug-likeness (QED) is 0.526. The van der Waals surface area contributed by atoms with E-state index in [0.29, 0.717) is 12.2 Å². The van der Waals surface area contributed by atoms with Crippen molar-refractivity contribution in [2.45, 2.75) is 19.9 Å². The van der Waals surface area contributed by atoms with Crippen molar-refractivity contribution in [3.05, 3.63) is 84.4 Å². The van der Waals surface area contributed by atoms with Crippen LogP contribution >= 0.6 is 0 Å². The van der Waals surface area contributed by atoms with E-state index in [1.165, 1.54) is 6.07 Å². The zero-order chi connectivity index (χ0) is 23.1. The van der Waals surface area contributed by atoms with Crippen LogP contribution in [0.5, 0.6) is 0 Å². The topological polar surface area (TPSA) is 61.4 Å². The van der Waals surface area contributed by atoms with E-state index in [9.17, 15) is 18.4 Å². The summed E-state index contributed by atoms with van der Waals surface area (Å²) >= 11 is 0. The van der Waals surface area contributed by atoms with Gasteiger partial charge in [0.25, 0.3) is 0 Å². The Balaban J connectivity index is 1.69. The Morgan fingerprint density at radius 2 is 1.50 bits per heavy atom. The van der Waals surface area contributed by atoms with Gasteiger partial charge in [0.15, 0.2) is 0 Å². The summed E-state index contributed by atoms with van der Waals surface area (Å²) in [6, 6.07) is 19.8. The molecule has 1 atom stereocenters. The Hall–Kier alpha value is -3.58. The van der Waals surface area contributed by atoms with E-state index in [0.717, 1.165) is 23.3 Å². The molecular formula is C25H25F2N3O2. The molecule has 0 saturated heterocycles. The molecule has 0 aliphatic rings. The van der Waals surface area contributed by atoms with Gasteiger partial charge in [-0.05, 0) is 37.2 Å². The normalized spacial score (nSPS) is 11.8. The number of hydrogen-bond acceptors (Lipinski definition) is 3. The molecular weight excluding hydrogens is 412 g/mol. The van der Waals surface area contributed by atoms with E-state index in [-0.39, 0.29) is 12.5 Å². The summed E-state index contributed by atoms with van der Waals surface area (Å²) in [6.07, 6.45) is 0. The predicted molar refractivity (Wildman–Crippen MR) is 122 cm³/mol. The standard InChI is InChI=1S/C25H25F2N3O2/c1-3-30(16-23(31)29-24-20(26)13-9-14-21(24)27)17(2)25(32)28-22-15-8-7-12-19(22)18-10-5-4-6-11-18/h4-15,17H,3,16H2,1-2H3,(H,28,32)(H,29,31). The summed E-state index contributed by atoms with van der Waals surface area (Å²) in [4.78, 5) is 27.0. The van der Waals surface area contributed by atoms with Crippen molar-refractivity contribution in [3.8, 4) is 11.1 Å². The molecule has 0 radical (unpaired) electrons. The molecule has 0 saturated carbocycles. The molecule has 166 valence electrons. The number of halogens is 2. The molecule has 3 rings (SSSR count). The lowest BCUT2D eigenvalue weighted by Gasteiger charge is -2.26. The van der Waals surface area contributed by atoms with Crippen molar-refractivity contribution >= 4 is 23.2 Å². The minimum atomic E-state index is -0.857. The van der Waals surface area contributed by atoms with Crippen LogP contribution in [0.3, 0.4) is 0 Å². The minimum Gasteiger partial charge on any atom is -0.324 e. The molecule has 0 aliphatic heterocycles. The van der Waals surface area contributed by atoms with Gasteiger partial charge in [-0.1, -0.05) is 61.5 Å². The van der Waals surface area contributed by atoms with Gasteiger partial charge in [0.2, 0.25) is 11.8 Å². The van der Waals surface area contributed by atoms with E-state index >= 15 is 0 Å². The number of amides is 2. The third-order valence-electron chi connectivity index (χ3n) is 5.18. The van der Waals surface area contributed by atoms with Gasteiger partial charge in [-0.3, -0.25) is 14.5 Å². The zero-order valence-corrected chi connectivity index (χ0v) is 17.9. The summed E-state index contributed by atoms with van der Waals surface area (Å²) < 4.78 is 27.6. The van der Waals surface area contributed by atoms with Crippen LogP contribution in [0.1, 0.15) is 13.8 Å². The van der Waals surface area contributed by atoms with E-state index in [1.807, 2.05) is 54.6 Å². The number of benzene rings is 3. The van der Waals surface area contributed by atoms with E-state index in [1.54, 1.807) is 18.7 Å². The number of nitrogens with zero attached hydrogens (tertiary/aromatic N) is 1. The summed E-state index contributed by atoms with van der Waals surface area (Å²) in [5.41, 5.74) is 2.01. The van der Waals surface area contributed by atoms with Crippen LogP contribution in [0.4, 0.5) is 20.2 Å². The molecule has 7 heteroatoms. The predicted octanol–water partition coefficient (Wildman–Crippen LogP) is 4.92. The monoisotopic (exact) mass is 437 g/mol. The first kappa shape index (κ1) is 23.1. The van der Waals surface area contributed by atoms with Crippen molar-refractivity contribution in [2.75, 3.05) is 23.7 Å². The van der Waals surface area contributed by atoms with Gasteiger partial charge in [-0.15, -0.1) is 0 Å². The maximum absolute atomic E-state index is 13.8. The number of hydrogen-bond donors (Lipinski definition) is 2. The van der Waals surface area contributed by atoms with Gasteiger partial charge in [0, 0.05) is 11.3 Å². The fourth-order valence-corrected chi connectivity index (χ4v) is 3.37. The largest absolute Gasteiger partial charge is 0.324 e. The average Bonchev–Trinajstić information content (AvgIpc) is 2.80. The molecule has 32 heavy (non-hydrogen) atoms. The van der Waals surface area contributed by atoms with Crippen molar-refractivity contribution in [3.63, 3.8) is 0 Å². The Morgan fingerprint density at radius 3 is 2.16 bits per heavy atom. The van der Waals surface area contributed by atoms with Crippen LogP contribution in [0.25, 0.3) is 11.1 Å². The number of anilines is 2. The Kier molecular flexibility index (Phi) is 7.68. The van der Waals surface area contributed by atoms with E-state index in [4.69, 9.17) is 0 Å². The van der Waals surface area contributed by atoms with Crippen LogP contribution in [0.15, 0.2) is 72.8 Å². The second-order valence-electron chi connectivity index (χ2n) is 7.28. The number of carbonyl (C=O) groups excluding carboxylic acids is 2. The Bertz CT molecular complexity index is 1070. The van der Waals surface area contributed by atoms with Crippen molar-refractivity contribution < 1.29 is 18.4 Å². The lowest BCUT2D eigenvalue weighted by molar-refractivity contribution is -0.123. The number of rotatable bonds is 8. The molecule has 2 N–H and O–H groups in total. The van der Waals surface area contributed by atoms with Gasteiger partial charge in [0.1, 0.15) is 17.3 Å². The van der Waals surface area contributed by atoms with Gasteiger partial charge >= 0.3 is 0 Å². The van der Waals surface area contributed by atoms with E-state index in [2.05, 4.69) is 10.6 Å². The molecule has 0 bridgehead atoms. The van der Waals surface area contributed by atoms with Gasteiger partial charge < -0.3 is 10.6 Å². The smallest absolute Gasteiger partial charge is 0.241 e. The third kappa shape index (κ3) is 5.56. The van der Waals surface area contributed by atoms with Crippen LogP contribution < -0.4 is 10.6 Å². The molecule has 0 spiro atoms. The van der Waals surface area contributed by atoms with Crippen molar-refractivity contribution in [2.24, 2.45) is 0 Å². The summed E-state index contributed by atoms with van der Waals surface area (Å²) in [5.74, 6) is -2.62. The van der Waals surface area contributed by atoms with Crippen LogP contribution in [0.2, 0.25) is 0 Å². The zero-order valence-electron chi connectivity index (χ0n) is 17.9. The summed E-state index contributed by atoms with van der Waals surface area (Å²) in [7, 11) is 0. The third-order valence-corrected chi connectivity index (χ3v) is 5.18. The average molecular weight is 437 g/mol. The highest BCUT2D eigenvalue weighted by atomic mass is 19.1. The fraction of sp³-hybridized carbons (Fsp3) is 0.200. The van der Waals surface area contributed by atoms with Crippen molar-refractivity contribution in [1.29, 1.82) is 0 Å². The Labute approximate surface area is 186 Å². The maximum atomic E-state index is 13.8. The molecule has 5 nitrogen and oxygen atoms in total. The number of likely N-dealkylation sites (N-methyl/N-ethyl adjacent to an activating group) is 1. The SMILES string of the molecule is CCN(CC(=O)Nc1c(F)cccc1F)C(C)C(=O)Nc1ccccc1-c1ccccc1. The highest BCUT2D eigenvalue weighted by Crippen LogP contribution is 2.27. The summed E-state index contributed by atoms with van der Waals surface area (Å²) in [5, 5.41) is 5.19. The van der Waals surface area contributed by atoms with Gasteiger partial charge in [-0.2, -0.15) is 0 Å². The van der Waals surface area contributed by atoms with Crippen LogP contribution in [0, 0.1) is 11.6 Å². The van der Waals surface area contributed by atoms with Gasteiger partial charge in [0.05, 0.1) is 12.6 Å². The molecule has 3 aromatic rings. The fourth-order valence-electron chi connectivity index (χ4n) is 3.37. The number of nitrogens with one attached hydrogen (secondary N) is 2. The Morgan fingerprint density at radius 1 is 0.875 bits per heavy atom. The number of para-hydroxylation sites is 2. The first-order valence-corrected chi connectivity index (χ1v) is 10.3. The first-order valence-electron chi connectivity index (χ1n) is 10.3. The second-order valence-corrected chi connectivity index (χ2v) is 7.28. The number of carbonyl (C=O) groups is 2. The molecule has 3 aromatic carbocycles. The van der Waals surface area contributed by atoms with Crippen LogP contribution in [-0.2, 0) is 9.59 Å². The summed E-state index contributed by atoms with van der Waals surface area (Å²) in [6.45, 7) is 3.68. The first-order chi connectivity index (χ1) is 15.4. The highest BCUT2D eigenvalue weighted by molar-refractivity contribution is 5.99. The maximum Gasteiger partial charge on any atom is 0.241 e. The molecule has 1 unspecified atom stereocenters. The molecule has 2 amide bonds. The molecule has 0 aliphatic carbocycles. The van der Waals surface area contributed by atoms with Crippen molar-refractivity contribution in [1.82, 2.24) is 4.90 Å². The van der Waals surface area contributed by atoms with E-state index < -0.39 is 29.3 Å². The second kappa shape index (κ2) is 10.6.